The van der Waals surface area contributed by atoms with Crippen LogP contribution in [0.2, 0.25) is 0 Å². The van der Waals surface area contributed by atoms with E-state index in [0.717, 1.165) is 16.5 Å². The predicted molar refractivity (Wildman–Crippen MR) is 88.9 cm³/mol. The highest BCUT2D eigenvalue weighted by Crippen LogP contribution is 2.33. The molecule has 1 heterocycles. The molecule has 0 radical (unpaired) electrons. The molecule has 0 unspecified atom stereocenters. The van der Waals surface area contributed by atoms with Gasteiger partial charge in [-0.2, -0.15) is 13.2 Å². The van der Waals surface area contributed by atoms with Crippen LogP contribution in [0.3, 0.4) is 0 Å². The highest BCUT2D eigenvalue weighted by Gasteiger charge is 2.36. The second-order valence-electron chi connectivity index (χ2n) is 6.07. The molecular formula is C19H17F3N2O2. The summed E-state index contributed by atoms with van der Waals surface area (Å²) in [6.07, 6.45) is -4.45. The number of rotatable bonds is 4. The van der Waals surface area contributed by atoms with E-state index in [1.807, 2.05) is 30.3 Å². The Morgan fingerprint density at radius 3 is 2.23 bits per heavy atom. The predicted octanol–water partition coefficient (Wildman–Crippen LogP) is 4.06. The zero-order chi connectivity index (χ0) is 18.7. The number of carbonyl (C=O) groups excluding carboxylic acids is 2. The lowest BCUT2D eigenvalue weighted by molar-refractivity contribution is -0.139. The van der Waals surface area contributed by atoms with Gasteiger partial charge in [0.1, 0.15) is 0 Å². The number of hydrogen-bond acceptors (Lipinski definition) is 2. The molecule has 4 nitrogen and oxygen atoms in total. The van der Waals surface area contributed by atoms with Gasteiger partial charge >= 0.3 is 12.2 Å². The summed E-state index contributed by atoms with van der Waals surface area (Å²) in [5.41, 5.74) is -0.0325. The Bertz CT molecular complexity index is 806. The van der Waals surface area contributed by atoms with Gasteiger partial charge in [-0.05, 0) is 17.2 Å². The number of halogens is 3. The van der Waals surface area contributed by atoms with Crippen molar-refractivity contribution in [3.8, 4) is 0 Å². The molecule has 1 aliphatic heterocycles. The van der Waals surface area contributed by atoms with E-state index in [1.54, 1.807) is 0 Å². The Morgan fingerprint density at radius 2 is 1.54 bits per heavy atom. The second kappa shape index (κ2) is 7.19. The van der Waals surface area contributed by atoms with E-state index in [2.05, 4.69) is 0 Å². The number of urea groups is 1. The molecule has 1 aliphatic rings. The summed E-state index contributed by atoms with van der Waals surface area (Å²) in [5, 5.41) is 0. The summed E-state index contributed by atoms with van der Waals surface area (Å²) in [4.78, 5) is 27.2. The molecule has 0 aromatic heterocycles. The number of amides is 3. The van der Waals surface area contributed by atoms with Gasteiger partial charge in [-0.1, -0.05) is 48.5 Å². The lowest BCUT2D eigenvalue weighted by atomic mass is 10.1. The highest BCUT2D eigenvalue weighted by molar-refractivity contribution is 5.96. The molecule has 2 aromatic carbocycles. The van der Waals surface area contributed by atoms with Gasteiger partial charge in [0.2, 0.25) is 5.91 Å². The van der Waals surface area contributed by atoms with Gasteiger partial charge in [0, 0.05) is 19.5 Å². The minimum absolute atomic E-state index is 0.0900. The topological polar surface area (TPSA) is 40.6 Å². The van der Waals surface area contributed by atoms with Crippen LogP contribution in [-0.4, -0.2) is 28.3 Å². The third kappa shape index (κ3) is 3.87. The summed E-state index contributed by atoms with van der Waals surface area (Å²) >= 11 is 0. The zero-order valence-corrected chi connectivity index (χ0v) is 13.9. The fourth-order valence-electron chi connectivity index (χ4n) is 2.95. The van der Waals surface area contributed by atoms with Crippen molar-refractivity contribution < 1.29 is 22.8 Å². The SMILES string of the molecule is O=C1CCN(Cc2ccccc2)C(=O)N1Cc1ccccc1C(F)(F)F. The number of alkyl halides is 3. The summed E-state index contributed by atoms with van der Waals surface area (Å²) in [5.74, 6) is -0.462. The van der Waals surface area contributed by atoms with Gasteiger partial charge in [0.15, 0.2) is 0 Å². The van der Waals surface area contributed by atoms with E-state index in [-0.39, 0.29) is 18.5 Å². The Morgan fingerprint density at radius 1 is 0.885 bits per heavy atom. The van der Waals surface area contributed by atoms with Gasteiger partial charge in [-0.25, -0.2) is 4.79 Å². The van der Waals surface area contributed by atoms with Gasteiger partial charge < -0.3 is 4.90 Å². The van der Waals surface area contributed by atoms with Crippen LogP contribution >= 0.6 is 0 Å². The highest BCUT2D eigenvalue weighted by atomic mass is 19.4. The Kier molecular flexibility index (Phi) is 4.97. The molecule has 0 saturated carbocycles. The molecule has 1 saturated heterocycles. The minimum atomic E-state index is -4.54. The molecule has 2 aromatic rings. The van der Waals surface area contributed by atoms with Crippen molar-refractivity contribution >= 4 is 11.9 Å². The van der Waals surface area contributed by atoms with E-state index in [0.29, 0.717) is 6.54 Å². The van der Waals surface area contributed by atoms with Crippen molar-refractivity contribution in [1.29, 1.82) is 0 Å². The van der Waals surface area contributed by atoms with Crippen molar-refractivity contribution in [2.75, 3.05) is 6.54 Å². The van der Waals surface area contributed by atoms with Crippen molar-refractivity contribution in [1.82, 2.24) is 9.80 Å². The monoisotopic (exact) mass is 362 g/mol. The van der Waals surface area contributed by atoms with E-state index < -0.39 is 30.2 Å². The molecule has 3 amide bonds. The van der Waals surface area contributed by atoms with Crippen molar-refractivity contribution in [3.05, 3.63) is 71.3 Å². The molecular weight excluding hydrogens is 345 g/mol. The smallest absolute Gasteiger partial charge is 0.319 e. The normalized spacial score (nSPS) is 15.5. The van der Waals surface area contributed by atoms with Gasteiger partial charge in [0.05, 0.1) is 12.1 Å². The molecule has 3 rings (SSSR count). The largest absolute Gasteiger partial charge is 0.416 e. The van der Waals surface area contributed by atoms with Crippen molar-refractivity contribution in [3.63, 3.8) is 0 Å². The number of imide groups is 1. The van der Waals surface area contributed by atoms with E-state index in [4.69, 9.17) is 0 Å². The van der Waals surface area contributed by atoms with Crippen LogP contribution in [0, 0.1) is 0 Å². The average Bonchev–Trinajstić information content (AvgIpc) is 2.61. The van der Waals surface area contributed by atoms with Gasteiger partial charge in [-0.15, -0.1) is 0 Å². The first-order valence-electron chi connectivity index (χ1n) is 8.14. The van der Waals surface area contributed by atoms with Gasteiger partial charge in [-0.3, -0.25) is 9.69 Å². The molecule has 1 fully saturated rings. The lowest BCUT2D eigenvalue weighted by Gasteiger charge is -2.34. The molecule has 0 N–H and O–H groups in total. The maximum absolute atomic E-state index is 13.2. The minimum Gasteiger partial charge on any atom is -0.319 e. The van der Waals surface area contributed by atoms with Crippen molar-refractivity contribution in [2.24, 2.45) is 0 Å². The Labute approximate surface area is 148 Å². The Hall–Kier alpha value is -2.83. The van der Waals surface area contributed by atoms with Crippen LogP contribution in [0.5, 0.6) is 0 Å². The molecule has 136 valence electrons. The molecule has 7 heteroatoms. The molecule has 26 heavy (non-hydrogen) atoms. The Balaban J connectivity index is 1.81. The van der Waals surface area contributed by atoms with Crippen LogP contribution in [0.15, 0.2) is 54.6 Å². The van der Waals surface area contributed by atoms with E-state index in [9.17, 15) is 22.8 Å². The van der Waals surface area contributed by atoms with Crippen LogP contribution in [0.1, 0.15) is 23.1 Å². The molecule has 0 atom stereocenters. The first kappa shape index (κ1) is 18.0. The van der Waals surface area contributed by atoms with Crippen LogP contribution in [-0.2, 0) is 24.1 Å². The maximum atomic E-state index is 13.2. The number of nitrogens with zero attached hydrogens (tertiary/aromatic N) is 2. The molecule has 0 bridgehead atoms. The van der Waals surface area contributed by atoms with Gasteiger partial charge in [0.25, 0.3) is 0 Å². The summed E-state index contributed by atoms with van der Waals surface area (Å²) in [6.45, 7) is 0.174. The fraction of sp³-hybridized carbons (Fsp3) is 0.263. The van der Waals surface area contributed by atoms with E-state index in [1.165, 1.54) is 23.1 Å². The fourth-order valence-corrected chi connectivity index (χ4v) is 2.95. The summed E-state index contributed by atoms with van der Waals surface area (Å²) in [7, 11) is 0. The third-order valence-electron chi connectivity index (χ3n) is 4.27. The standard InChI is InChI=1S/C19H17F3N2O2/c20-19(21,22)16-9-5-4-8-15(16)13-24-17(25)10-11-23(18(24)26)12-14-6-2-1-3-7-14/h1-9H,10-13H2. The summed E-state index contributed by atoms with van der Waals surface area (Å²) < 4.78 is 39.5. The third-order valence-corrected chi connectivity index (χ3v) is 4.27. The van der Waals surface area contributed by atoms with Crippen molar-refractivity contribution in [2.45, 2.75) is 25.7 Å². The van der Waals surface area contributed by atoms with Crippen LogP contribution in [0.25, 0.3) is 0 Å². The van der Waals surface area contributed by atoms with Crippen LogP contribution in [0.4, 0.5) is 18.0 Å². The number of benzene rings is 2. The quantitative estimate of drug-likeness (QED) is 0.823. The first-order chi connectivity index (χ1) is 12.4. The second-order valence-corrected chi connectivity index (χ2v) is 6.07. The number of hydrogen-bond donors (Lipinski definition) is 0. The number of carbonyl (C=O) groups is 2. The summed E-state index contributed by atoms with van der Waals surface area (Å²) in [6, 6.07) is 13.7. The van der Waals surface area contributed by atoms with E-state index >= 15 is 0 Å². The maximum Gasteiger partial charge on any atom is 0.416 e. The lowest BCUT2D eigenvalue weighted by Crippen LogP contribution is -2.51. The zero-order valence-electron chi connectivity index (χ0n) is 13.9. The average molecular weight is 362 g/mol. The molecule has 0 spiro atoms. The first-order valence-corrected chi connectivity index (χ1v) is 8.14. The van der Waals surface area contributed by atoms with Crippen LogP contribution < -0.4 is 0 Å². The molecule has 0 aliphatic carbocycles.